The van der Waals surface area contributed by atoms with E-state index in [0.29, 0.717) is 13.2 Å². The first kappa shape index (κ1) is 25.3. The molecule has 1 atom stereocenters. The van der Waals surface area contributed by atoms with Crippen molar-refractivity contribution in [3.63, 3.8) is 0 Å². The lowest BCUT2D eigenvalue weighted by Gasteiger charge is -2.36. The van der Waals surface area contributed by atoms with Crippen LogP contribution in [-0.4, -0.2) is 81.8 Å². The Kier molecular flexibility index (Phi) is 8.88. The van der Waals surface area contributed by atoms with Crippen LogP contribution < -0.4 is 19.7 Å². The number of nitrogens with one attached hydrogen (secondary N) is 1. The van der Waals surface area contributed by atoms with E-state index in [1.54, 1.807) is 7.11 Å². The Morgan fingerprint density at radius 1 is 1.03 bits per heavy atom. The first-order valence-corrected chi connectivity index (χ1v) is 12.9. The van der Waals surface area contributed by atoms with Crippen LogP contribution in [0.5, 0.6) is 11.5 Å². The monoisotopic (exact) mass is 480 g/mol. The topological polar surface area (TPSA) is 57.3 Å². The molecule has 190 valence electrons. The Balaban J connectivity index is 1.26. The number of benzene rings is 2. The number of piperazine rings is 1. The van der Waals surface area contributed by atoms with Crippen LogP contribution in [0.25, 0.3) is 0 Å². The van der Waals surface area contributed by atoms with Crippen LogP contribution in [-0.2, 0) is 11.3 Å². The van der Waals surface area contributed by atoms with Gasteiger partial charge in [0.15, 0.2) is 11.5 Å². The number of likely N-dealkylation sites (N-methyl/N-ethyl adjacent to an activating group) is 1. The van der Waals surface area contributed by atoms with Gasteiger partial charge in [-0.15, -0.1) is 0 Å². The number of carbonyl (C=O) groups is 1. The number of hydrogen-bond acceptors (Lipinski definition) is 6. The van der Waals surface area contributed by atoms with Gasteiger partial charge < -0.3 is 19.7 Å². The summed E-state index contributed by atoms with van der Waals surface area (Å²) >= 11 is 0. The van der Waals surface area contributed by atoms with Crippen molar-refractivity contribution in [2.45, 2.75) is 38.8 Å². The molecule has 2 fully saturated rings. The van der Waals surface area contributed by atoms with Crippen molar-refractivity contribution >= 4 is 11.6 Å². The van der Waals surface area contributed by atoms with Crippen molar-refractivity contribution in [3.05, 3.63) is 53.6 Å². The Hall–Kier alpha value is -2.77. The lowest BCUT2D eigenvalue weighted by atomic mass is 10.0. The largest absolute Gasteiger partial charge is 0.493 e. The number of aryl methyl sites for hydroxylation is 1. The lowest BCUT2D eigenvalue weighted by Crippen LogP contribution is -2.48. The second kappa shape index (κ2) is 12.3. The number of nitrogens with zero attached hydrogens (tertiary/aromatic N) is 3. The van der Waals surface area contributed by atoms with Crippen LogP contribution in [0, 0.1) is 6.92 Å². The van der Waals surface area contributed by atoms with E-state index in [4.69, 9.17) is 9.47 Å². The van der Waals surface area contributed by atoms with Crippen molar-refractivity contribution in [3.8, 4) is 11.5 Å². The molecule has 7 heteroatoms. The molecule has 2 aliphatic rings. The quantitative estimate of drug-likeness (QED) is 0.556. The van der Waals surface area contributed by atoms with Gasteiger partial charge in [-0.2, -0.15) is 0 Å². The normalized spacial score (nSPS) is 19.4. The number of para-hydroxylation sites is 1. The zero-order valence-electron chi connectivity index (χ0n) is 21.5. The fourth-order valence-corrected chi connectivity index (χ4v) is 5.11. The van der Waals surface area contributed by atoms with E-state index in [-0.39, 0.29) is 11.9 Å². The summed E-state index contributed by atoms with van der Waals surface area (Å²) in [7, 11) is 3.69. The predicted octanol–water partition coefficient (Wildman–Crippen LogP) is 3.31. The first-order valence-electron chi connectivity index (χ1n) is 12.9. The number of hydrogen-bond donors (Lipinski definition) is 1. The van der Waals surface area contributed by atoms with Gasteiger partial charge in [0, 0.05) is 38.4 Å². The third-order valence-electron chi connectivity index (χ3n) is 7.19. The summed E-state index contributed by atoms with van der Waals surface area (Å²) in [6, 6.07) is 14.8. The van der Waals surface area contributed by atoms with E-state index >= 15 is 0 Å². The van der Waals surface area contributed by atoms with Gasteiger partial charge in [-0.25, -0.2) is 0 Å². The van der Waals surface area contributed by atoms with Crippen LogP contribution in [0.4, 0.5) is 5.69 Å². The molecule has 2 heterocycles. The third kappa shape index (κ3) is 6.67. The summed E-state index contributed by atoms with van der Waals surface area (Å²) in [4.78, 5) is 19.6. The van der Waals surface area contributed by atoms with Gasteiger partial charge in [-0.3, -0.25) is 14.6 Å². The Labute approximate surface area is 210 Å². The SMILES string of the molecule is COc1ccc(CN2CCN(c3ccccc3C)CC2)cc1OCCNC(=O)C1CCCCN1C. The molecule has 35 heavy (non-hydrogen) atoms. The smallest absolute Gasteiger partial charge is 0.237 e. The number of piperidine rings is 1. The zero-order valence-corrected chi connectivity index (χ0v) is 21.5. The third-order valence-corrected chi connectivity index (χ3v) is 7.19. The highest BCUT2D eigenvalue weighted by Gasteiger charge is 2.25. The number of methoxy groups -OCH3 is 1. The molecular formula is C28H40N4O3. The highest BCUT2D eigenvalue weighted by atomic mass is 16.5. The van der Waals surface area contributed by atoms with Crippen LogP contribution in [0.3, 0.4) is 0 Å². The Morgan fingerprint density at radius 3 is 2.57 bits per heavy atom. The average Bonchev–Trinajstić information content (AvgIpc) is 2.88. The van der Waals surface area contributed by atoms with Gasteiger partial charge in [0.1, 0.15) is 6.61 Å². The van der Waals surface area contributed by atoms with Gasteiger partial charge in [-0.05, 0) is 62.7 Å². The summed E-state index contributed by atoms with van der Waals surface area (Å²) in [5, 5.41) is 3.03. The average molecular weight is 481 g/mol. The highest BCUT2D eigenvalue weighted by Crippen LogP contribution is 2.29. The van der Waals surface area contributed by atoms with Crippen LogP contribution >= 0.6 is 0 Å². The van der Waals surface area contributed by atoms with Crippen molar-refractivity contribution in [2.75, 3.05) is 64.9 Å². The van der Waals surface area contributed by atoms with E-state index in [2.05, 4.69) is 63.3 Å². The van der Waals surface area contributed by atoms with Gasteiger partial charge >= 0.3 is 0 Å². The van der Waals surface area contributed by atoms with Gasteiger partial charge in [-0.1, -0.05) is 30.7 Å². The maximum Gasteiger partial charge on any atom is 0.237 e. The van der Waals surface area contributed by atoms with E-state index in [1.165, 1.54) is 23.2 Å². The molecule has 4 rings (SSSR count). The first-order chi connectivity index (χ1) is 17.0. The summed E-state index contributed by atoms with van der Waals surface area (Å²) in [6.07, 6.45) is 3.21. The van der Waals surface area contributed by atoms with Crippen LogP contribution in [0.1, 0.15) is 30.4 Å². The number of ether oxygens (including phenoxy) is 2. The molecule has 0 radical (unpaired) electrons. The minimum atomic E-state index is -0.0205. The fourth-order valence-electron chi connectivity index (χ4n) is 5.11. The molecule has 0 saturated carbocycles. The van der Waals surface area contributed by atoms with E-state index in [1.807, 2.05) is 13.1 Å². The van der Waals surface area contributed by atoms with Gasteiger partial charge in [0.2, 0.25) is 5.91 Å². The van der Waals surface area contributed by atoms with Gasteiger partial charge in [0.25, 0.3) is 0 Å². The maximum absolute atomic E-state index is 12.5. The molecule has 1 amide bonds. The number of likely N-dealkylation sites (tertiary alicyclic amines) is 1. The van der Waals surface area contributed by atoms with E-state index in [0.717, 1.165) is 63.6 Å². The molecule has 1 N–H and O–H groups in total. The summed E-state index contributed by atoms with van der Waals surface area (Å²) in [5.41, 5.74) is 3.88. The molecule has 7 nitrogen and oxygen atoms in total. The van der Waals surface area contributed by atoms with Crippen molar-refractivity contribution in [1.29, 1.82) is 0 Å². The minimum Gasteiger partial charge on any atom is -0.493 e. The Bertz CT molecular complexity index is 974. The molecule has 2 aliphatic heterocycles. The molecule has 0 aliphatic carbocycles. The van der Waals surface area contributed by atoms with Crippen LogP contribution in [0.15, 0.2) is 42.5 Å². The molecule has 0 aromatic heterocycles. The number of carbonyl (C=O) groups excluding carboxylic acids is 1. The van der Waals surface area contributed by atoms with Gasteiger partial charge in [0.05, 0.1) is 19.7 Å². The Morgan fingerprint density at radius 2 is 1.83 bits per heavy atom. The second-order valence-corrected chi connectivity index (χ2v) is 9.67. The maximum atomic E-state index is 12.5. The molecule has 2 saturated heterocycles. The number of rotatable bonds is 9. The van der Waals surface area contributed by atoms with E-state index in [9.17, 15) is 4.79 Å². The number of anilines is 1. The molecular weight excluding hydrogens is 440 g/mol. The standard InChI is InChI=1S/C28H40N4O3/c1-22-8-4-5-9-24(22)32-17-15-31(16-18-32)21-23-11-12-26(34-3)27(20-23)35-19-13-29-28(33)25-10-6-7-14-30(25)2/h4-5,8-9,11-12,20,25H,6-7,10,13-19,21H2,1-3H3,(H,29,33). The van der Waals surface area contributed by atoms with Crippen molar-refractivity contribution in [1.82, 2.24) is 15.1 Å². The zero-order chi connectivity index (χ0) is 24.6. The molecule has 0 spiro atoms. The second-order valence-electron chi connectivity index (χ2n) is 9.67. The number of amides is 1. The molecule has 2 aromatic rings. The van der Waals surface area contributed by atoms with Crippen molar-refractivity contribution < 1.29 is 14.3 Å². The molecule has 1 unspecified atom stereocenters. The fraction of sp³-hybridized carbons (Fsp3) is 0.536. The summed E-state index contributed by atoms with van der Waals surface area (Å²) < 4.78 is 11.5. The van der Waals surface area contributed by atoms with Crippen LogP contribution in [0.2, 0.25) is 0 Å². The summed E-state index contributed by atoms with van der Waals surface area (Å²) in [6.45, 7) is 9.05. The minimum absolute atomic E-state index is 0.0205. The lowest BCUT2D eigenvalue weighted by molar-refractivity contribution is -0.127. The molecule has 0 bridgehead atoms. The predicted molar refractivity (Wildman–Crippen MR) is 140 cm³/mol. The van der Waals surface area contributed by atoms with Crippen molar-refractivity contribution in [2.24, 2.45) is 0 Å². The summed E-state index contributed by atoms with van der Waals surface area (Å²) in [5.74, 6) is 1.55. The molecule has 2 aromatic carbocycles. The van der Waals surface area contributed by atoms with E-state index < -0.39 is 0 Å². The highest BCUT2D eigenvalue weighted by molar-refractivity contribution is 5.81.